The Morgan fingerprint density at radius 1 is 1.36 bits per heavy atom. The molecule has 1 N–H and O–H groups in total. The van der Waals surface area contributed by atoms with Crippen molar-refractivity contribution in [3.05, 3.63) is 52.3 Å². The lowest BCUT2D eigenvalue weighted by Crippen LogP contribution is -2.31. The summed E-state index contributed by atoms with van der Waals surface area (Å²) in [5.41, 5.74) is 0.916. The van der Waals surface area contributed by atoms with Crippen LogP contribution in [0.25, 0.3) is 0 Å². The molecule has 0 unspecified atom stereocenters. The number of rotatable bonds is 8. The quantitative estimate of drug-likeness (QED) is 0.312. The Morgan fingerprint density at radius 2 is 2.04 bits per heavy atom. The summed E-state index contributed by atoms with van der Waals surface area (Å²) in [5.74, 6) is -0.981. The highest BCUT2D eigenvalue weighted by Crippen LogP contribution is 2.12. The number of nitrogens with zero attached hydrogens (tertiary/aromatic N) is 3. The Bertz CT molecular complexity index is 860. The van der Waals surface area contributed by atoms with Crippen LogP contribution in [0.5, 0.6) is 0 Å². The van der Waals surface area contributed by atoms with Crippen LogP contribution < -0.4 is 5.32 Å². The van der Waals surface area contributed by atoms with Gasteiger partial charge in [-0.25, -0.2) is 4.57 Å². The molecule has 0 spiro atoms. The van der Waals surface area contributed by atoms with Crippen LogP contribution in [0.2, 0.25) is 0 Å². The number of carbonyl (C=O) groups is 1. The lowest BCUT2D eigenvalue weighted by atomic mass is 10.2. The summed E-state index contributed by atoms with van der Waals surface area (Å²) in [6.45, 7) is 1.21. The smallest absolute Gasteiger partial charge is 0.390 e. The van der Waals surface area contributed by atoms with E-state index >= 15 is 0 Å². The van der Waals surface area contributed by atoms with Gasteiger partial charge in [0, 0.05) is 6.54 Å². The molecule has 0 aliphatic heterocycles. The van der Waals surface area contributed by atoms with Gasteiger partial charge in [-0.05, 0) is 24.0 Å². The van der Waals surface area contributed by atoms with E-state index in [1.165, 1.54) is 24.5 Å². The molecule has 2 rings (SSSR count). The fraction of sp³-hybridized carbons (Fsp3) is 0.286. The van der Waals surface area contributed by atoms with Gasteiger partial charge in [0.15, 0.2) is 6.54 Å². The predicted octanol–water partition coefficient (Wildman–Crippen LogP) is 0.621. The average Bonchev–Trinajstić information content (AvgIpc) is 3.00. The summed E-state index contributed by atoms with van der Waals surface area (Å²) in [7, 11) is -3.90. The summed E-state index contributed by atoms with van der Waals surface area (Å²) < 4.78 is 29.8. The van der Waals surface area contributed by atoms with Gasteiger partial charge in [-0.1, -0.05) is 22.7 Å². The van der Waals surface area contributed by atoms with Gasteiger partial charge in [-0.15, -0.1) is 0 Å². The van der Waals surface area contributed by atoms with Crippen LogP contribution in [0.1, 0.15) is 5.56 Å². The summed E-state index contributed by atoms with van der Waals surface area (Å²) >= 11 is 0. The van der Waals surface area contributed by atoms with Crippen molar-refractivity contribution in [1.29, 1.82) is 0 Å². The number of aromatic nitrogens is 2. The second-order valence-electron chi connectivity index (χ2n) is 5.05. The molecule has 11 heteroatoms. The normalized spacial score (nSPS) is 11.2. The first-order valence-electron chi connectivity index (χ1n) is 7.18. The number of nitro groups is 1. The average molecular weight is 368 g/mol. The number of amides is 1. The molecular formula is C14H16N4O6S. The van der Waals surface area contributed by atoms with Crippen LogP contribution in [0, 0.1) is 17.0 Å². The Labute approximate surface area is 143 Å². The molecule has 0 aliphatic rings. The molecule has 1 aromatic carbocycles. The maximum absolute atomic E-state index is 11.9. The van der Waals surface area contributed by atoms with Crippen molar-refractivity contribution >= 4 is 22.0 Å². The SMILES string of the molecule is Cc1ccc(S(=O)(=O)OCCNC(=O)Cn2ccnc2[N+](=O)[O-])cc1. The third-order valence-corrected chi connectivity index (χ3v) is 4.47. The van der Waals surface area contributed by atoms with Crippen molar-refractivity contribution in [1.82, 2.24) is 14.9 Å². The molecule has 0 fully saturated rings. The highest BCUT2D eigenvalue weighted by Gasteiger charge is 2.17. The zero-order chi connectivity index (χ0) is 18.4. The summed E-state index contributed by atoms with van der Waals surface area (Å²) in [4.78, 5) is 25.3. The van der Waals surface area contributed by atoms with Crippen LogP contribution in [0.3, 0.4) is 0 Å². The zero-order valence-corrected chi connectivity index (χ0v) is 14.1. The molecule has 0 bridgehead atoms. The van der Waals surface area contributed by atoms with E-state index in [-0.39, 0.29) is 24.6 Å². The van der Waals surface area contributed by atoms with E-state index in [9.17, 15) is 23.3 Å². The molecule has 134 valence electrons. The number of benzene rings is 1. The minimum absolute atomic E-state index is 0.0264. The molecule has 0 radical (unpaired) electrons. The first-order valence-corrected chi connectivity index (χ1v) is 8.59. The Balaban J connectivity index is 1.80. The molecule has 10 nitrogen and oxygen atoms in total. The highest BCUT2D eigenvalue weighted by molar-refractivity contribution is 7.86. The van der Waals surface area contributed by atoms with Crippen molar-refractivity contribution in [2.45, 2.75) is 18.4 Å². The van der Waals surface area contributed by atoms with Gasteiger partial charge in [-0.3, -0.25) is 8.98 Å². The summed E-state index contributed by atoms with van der Waals surface area (Å²) in [6.07, 6.45) is 2.51. The molecule has 0 aliphatic carbocycles. The molecule has 25 heavy (non-hydrogen) atoms. The lowest BCUT2D eigenvalue weighted by molar-refractivity contribution is -0.396. The molecule has 0 atom stereocenters. The third-order valence-electron chi connectivity index (χ3n) is 3.14. The van der Waals surface area contributed by atoms with E-state index < -0.39 is 26.9 Å². The largest absolute Gasteiger partial charge is 0.435 e. The topological polar surface area (TPSA) is 133 Å². The number of nitrogens with one attached hydrogen (secondary N) is 1. The summed E-state index contributed by atoms with van der Waals surface area (Å²) in [6, 6.07) is 6.16. The molecule has 0 saturated carbocycles. The molecule has 1 aromatic heterocycles. The Hall–Kier alpha value is -2.79. The van der Waals surface area contributed by atoms with E-state index in [2.05, 4.69) is 10.3 Å². The minimum atomic E-state index is -3.90. The van der Waals surface area contributed by atoms with E-state index in [1.807, 2.05) is 6.92 Å². The van der Waals surface area contributed by atoms with E-state index in [1.54, 1.807) is 12.1 Å². The standard InChI is InChI=1S/C14H16N4O6S/c1-11-2-4-12(5-3-11)25(22,23)24-9-7-15-13(19)10-17-8-6-16-14(17)18(20)21/h2-6,8H,7,9-10H2,1H3,(H,15,19). The second kappa shape index (κ2) is 7.85. The lowest BCUT2D eigenvalue weighted by Gasteiger charge is -2.07. The first kappa shape index (κ1) is 18.5. The fourth-order valence-corrected chi connectivity index (χ4v) is 2.83. The Morgan fingerprint density at radius 3 is 2.68 bits per heavy atom. The molecule has 0 saturated heterocycles. The van der Waals surface area contributed by atoms with Crippen LogP contribution in [0.15, 0.2) is 41.6 Å². The van der Waals surface area contributed by atoms with E-state index in [4.69, 9.17) is 4.18 Å². The van der Waals surface area contributed by atoms with Crippen molar-refractivity contribution in [3.8, 4) is 0 Å². The van der Waals surface area contributed by atoms with Crippen molar-refractivity contribution < 1.29 is 22.3 Å². The molecule has 1 heterocycles. The van der Waals surface area contributed by atoms with Crippen LogP contribution >= 0.6 is 0 Å². The van der Waals surface area contributed by atoms with E-state index in [0.29, 0.717) is 0 Å². The van der Waals surface area contributed by atoms with E-state index in [0.717, 1.165) is 10.1 Å². The number of aryl methyl sites for hydroxylation is 1. The van der Waals surface area contributed by atoms with Gasteiger partial charge in [-0.2, -0.15) is 8.42 Å². The van der Waals surface area contributed by atoms with Gasteiger partial charge in [0.1, 0.15) is 12.4 Å². The van der Waals surface area contributed by atoms with Gasteiger partial charge < -0.3 is 15.4 Å². The van der Waals surface area contributed by atoms with Crippen molar-refractivity contribution in [2.24, 2.45) is 0 Å². The van der Waals surface area contributed by atoms with Gasteiger partial charge >= 0.3 is 5.95 Å². The maximum Gasteiger partial charge on any atom is 0.435 e. The minimum Gasteiger partial charge on any atom is -0.390 e. The molecular weight excluding hydrogens is 352 g/mol. The zero-order valence-electron chi connectivity index (χ0n) is 13.3. The number of hydrogen-bond donors (Lipinski definition) is 1. The number of carbonyl (C=O) groups excluding carboxylic acids is 1. The first-order chi connectivity index (χ1) is 11.8. The monoisotopic (exact) mass is 368 g/mol. The van der Waals surface area contributed by atoms with Gasteiger partial charge in [0.05, 0.1) is 11.5 Å². The van der Waals surface area contributed by atoms with Crippen molar-refractivity contribution in [2.75, 3.05) is 13.2 Å². The second-order valence-corrected chi connectivity index (χ2v) is 6.67. The highest BCUT2D eigenvalue weighted by atomic mass is 32.2. The van der Waals surface area contributed by atoms with Crippen LogP contribution in [-0.2, 0) is 25.6 Å². The number of imidazole rings is 1. The number of hydrogen-bond acceptors (Lipinski definition) is 7. The van der Waals surface area contributed by atoms with Gasteiger partial charge in [0.25, 0.3) is 16.0 Å². The Kier molecular flexibility index (Phi) is 5.83. The fourth-order valence-electron chi connectivity index (χ4n) is 1.92. The summed E-state index contributed by atoms with van der Waals surface area (Å²) in [5, 5.41) is 13.1. The van der Waals surface area contributed by atoms with Crippen LogP contribution in [-0.4, -0.2) is 42.0 Å². The predicted molar refractivity (Wildman–Crippen MR) is 86.2 cm³/mol. The van der Waals surface area contributed by atoms with Crippen LogP contribution in [0.4, 0.5) is 5.95 Å². The molecule has 1 amide bonds. The maximum atomic E-state index is 11.9. The van der Waals surface area contributed by atoms with Gasteiger partial charge in [0.2, 0.25) is 0 Å². The van der Waals surface area contributed by atoms with Crippen molar-refractivity contribution in [3.63, 3.8) is 0 Å². The third kappa shape index (κ3) is 5.09. The molecule has 2 aromatic rings.